The highest BCUT2D eigenvalue weighted by atomic mass is 35.5. The predicted octanol–water partition coefficient (Wildman–Crippen LogP) is 5.13. The van der Waals surface area contributed by atoms with Crippen LogP contribution in [0.1, 0.15) is 25.3 Å². The molecule has 0 heterocycles. The van der Waals surface area contributed by atoms with E-state index >= 15 is 0 Å². The molecule has 2 rings (SSSR count). The summed E-state index contributed by atoms with van der Waals surface area (Å²) in [6.45, 7) is 4.41. The predicted molar refractivity (Wildman–Crippen MR) is 71.0 cm³/mol. The second kappa shape index (κ2) is 4.71. The van der Waals surface area contributed by atoms with Gasteiger partial charge in [-0.3, -0.25) is 0 Å². The van der Waals surface area contributed by atoms with Gasteiger partial charge in [0.15, 0.2) is 0 Å². The maximum absolute atomic E-state index is 5.98. The third-order valence-electron chi connectivity index (χ3n) is 2.74. The summed E-state index contributed by atoms with van der Waals surface area (Å²) in [7, 11) is 0. The Morgan fingerprint density at radius 2 is 1.56 bits per heavy atom. The summed E-state index contributed by atoms with van der Waals surface area (Å²) in [4.78, 5) is 0. The van der Waals surface area contributed by atoms with Crippen molar-refractivity contribution >= 4 is 11.6 Å². The Labute approximate surface area is 102 Å². The Morgan fingerprint density at radius 3 is 2.12 bits per heavy atom. The van der Waals surface area contributed by atoms with Crippen LogP contribution in [0.25, 0.3) is 11.1 Å². The summed E-state index contributed by atoms with van der Waals surface area (Å²) < 4.78 is 0. The van der Waals surface area contributed by atoms with Crippen molar-refractivity contribution in [3.63, 3.8) is 0 Å². The van der Waals surface area contributed by atoms with Crippen LogP contribution in [0.5, 0.6) is 0 Å². The van der Waals surface area contributed by atoms with Crippen molar-refractivity contribution in [1.82, 2.24) is 0 Å². The molecule has 0 saturated carbocycles. The molecule has 82 valence electrons. The number of halogens is 1. The van der Waals surface area contributed by atoms with Crippen molar-refractivity contribution in [3.05, 3.63) is 59.1 Å². The van der Waals surface area contributed by atoms with Crippen LogP contribution in [-0.2, 0) is 0 Å². The lowest BCUT2D eigenvalue weighted by Crippen LogP contribution is -1.86. The second-order valence-electron chi connectivity index (χ2n) is 4.29. The normalized spacial score (nSPS) is 10.8. The van der Waals surface area contributed by atoms with E-state index in [1.807, 2.05) is 18.2 Å². The van der Waals surface area contributed by atoms with E-state index in [-0.39, 0.29) is 0 Å². The van der Waals surface area contributed by atoms with Crippen LogP contribution in [0.3, 0.4) is 0 Å². The molecule has 0 aliphatic heterocycles. The Morgan fingerprint density at radius 1 is 0.875 bits per heavy atom. The smallest absolute Gasteiger partial charge is 0.0412 e. The highest BCUT2D eigenvalue weighted by Gasteiger charge is 2.01. The minimum atomic E-state index is 0.577. The highest BCUT2D eigenvalue weighted by molar-refractivity contribution is 6.30. The molecule has 0 atom stereocenters. The third-order valence-corrected chi connectivity index (χ3v) is 2.97. The highest BCUT2D eigenvalue weighted by Crippen LogP contribution is 2.24. The quantitative estimate of drug-likeness (QED) is 0.671. The topological polar surface area (TPSA) is 0 Å². The molecule has 0 bridgehead atoms. The first-order valence-electron chi connectivity index (χ1n) is 5.53. The van der Waals surface area contributed by atoms with E-state index < -0.39 is 0 Å². The zero-order valence-electron chi connectivity index (χ0n) is 9.57. The molecule has 0 aliphatic carbocycles. The molecule has 0 aliphatic rings. The van der Waals surface area contributed by atoms with Crippen molar-refractivity contribution in [2.75, 3.05) is 0 Å². The van der Waals surface area contributed by atoms with E-state index in [0.29, 0.717) is 5.92 Å². The molecule has 2 aromatic carbocycles. The summed E-state index contributed by atoms with van der Waals surface area (Å²) in [6, 6.07) is 16.6. The summed E-state index contributed by atoms with van der Waals surface area (Å²) in [5, 5.41) is 0.783. The van der Waals surface area contributed by atoms with Gasteiger partial charge in [0.25, 0.3) is 0 Å². The molecule has 0 amide bonds. The van der Waals surface area contributed by atoms with Crippen molar-refractivity contribution in [2.45, 2.75) is 19.8 Å². The van der Waals surface area contributed by atoms with Gasteiger partial charge < -0.3 is 0 Å². The van der Waals surface area contributed by atoms with Crippen LogP contribution >= 0.6 is 11.6 Å². The maximum atomic E-state index is 5.98. The lowest BCUT2D eigenvalue weighted by molar-refractivity contribution is 0.867. The summed E-state index contributed by atoms with van der Waals surface area (Å²) >= 11 is 5.98. The van der Waals surface area contributed by atoms with Gasteiger partial charge >= 0.3 is 0 Å². The fourth-order valence-electron chi connectivity index (χ4n) is 1.73. The average molecular weight is 231 g/mol. The fraction of sp³-hybridized carbons (Fsp3) is 0.200. The number of benzene rings is 2. The molecule has 0 nitrogen and oxygen atoms in total. The van der Waals surface area contributed by atoms with E-state index in [4.69, 9.17) is 11.6 Å². The van der Waals surface area contributed by atoms with E-state index in [2.05, 4.69) is 44.2 Å². The Balaban J connectivity index is 2.35. The van der Waals surface area contributed by atoms with Gasteiger partial charge in [0.1, 0.15) is 0 Å². The molecule has 0 radical (unpaired) electrons. The van der Waals surface area contributed by atoms with Crippen LogP contribution in [0.15, 0.2) is 48.5 Å². The van der Waals surface area contributed by atoms with Crippen LogP contribution in [0.2, 0.25) is 5.02 Å². The lowest BCUT2D eigenvalue weighted by atomic mass is 9.99. The van der Waals surface area contributed by atoms with E-state index in [1.54, 1.807) is 0 Å². The zero-order valence-corrected chi connectivity index (χ0v) is 10.3. The molecule has 0 saturated heterocycles. The molecule has 0 N–H and O–H groups in total. The standard InChI is InChI=1S/C15H15Cl/c1-11(2)12-6-8-13(9-7-12)14-4-3-5-15(16)10-14/h3-11H,1-2H3. The fourth-order valence-corrected chi connectivity index (χ4v) is 1.92. The van der Waals surface area contributed by atoms with Crippen molar-refractivity contribution in [1.29, 1.82) is 0 Å². The Kier molecular flexibility index (Phi) is 3.31. The molecule has 0 unspecified atom stereocenters. The van der Waals surface area contributed by atoms with Crippen molar-refractivity contribution in [2.24, 2.45) is 0 Å². The first-order chi connectivity index (χ1) is 7.66. The second-order valence-corrected chi connectivity index (χ2v) is 4.72. The molecule has 0 spiro atoms. The minimum absolute atomic E-state index is 0.577. The summed E-state index contributed by atoms with van der Waals surface area (Å²) in [5.41, 5.74) is 3.75. The van der Waals surface area contributed by atoms with Gasteiger partial charge in [-0.15, -0.1) is 0 Å². The van der Waals surface area contributed by atoms with Crippen LogP contribution < -0.4 is 0 Å². The molecule has 16 heavy (non-hydrogen) atoms. The number of rotatable bonds is 2. The SMILES string of the molecule is CC(C)c1ccc(-c2cccc(Cl)c2)cc1. The first kappa shape index (κ1) is 11.2. The van der Waals surface area contributed by atoms with Crippen molar-refractivity contribution in [3.8, 4) is 11.1 Å². The summed E-state index contributed by atoms with van der Waals surface area (Å²) in [6.07, 6.45) is 0. The van der Waals surface area contributed by atoms with Gasteiger partial charge in [0, 0.05) is 5.02 Å². The zero-order chi connectivity index (χ0) is 11.5. The van der Waals surface area contributed by atoms with Gasteiger partial charge in [0.05, 0.1) is 0 Å². The van der Waals surface area contributed by atoms with Crippen LogP contribution in [-0.4, -0.2) is 0 Å². The van der Waals surface area contributed by atoms with E-state index in [0.717, 1.165) is 5.02 Å². The van der Waals surface area contributed by atoms with Gasteiger partial charge in [0.2, 0.25) is 0 Å². The maximum Gasteiger partial charge on any atom is 0.0412 e. The number of hydrogen-bond donors (Lipinski definition) is 0. The minimum Gasteiger partial charge on any atom is -0.0843 e. The average Bonchev–Trinajstić information content (AvgIpc) is 2.29. The monoisotopic (exact) mass is 230 g/mol. The number of hydrogen-bond acceptors (Lipinski definition) is 0. The molecule has 0 fully saturated rings. The van der Waals surface area contributed by atoms with Gasteiger partial charge in [-0.2, -0.15) is 0 Å². The van der Waals surface area contributed by atoms with Gasteiger partial charge in [-0.1, -0.05) is 61.8 Å². The van der Waals surface area contributed by atoms with Gasteiger partial charge in [-0.25, -0.2) is 0 Å². The largest absolute Gasteiger partial charge is 0.0843 e. The third kappa shape index (κ3) is 2.45. The molecular formula is C15H15Cl. The molecule has 1 heteroatoms. The van der Waals surface area contributed by atoms with Crippen molar-refractivity contribution < 1.29 is 0 Å². The molecule has 2 aromatic rings. The lowest BCUT2D eigenvalue weighted by Gasteiger charge is -2.07. The molecular weight excluding hydrogens is 216 g/mol. The first-order valence-corrected chi connectivity index (χ1v) is 5.90. The van der Waals surface area contributed by atoms with Crippen LogP contribution in [0.4, 0.5) is 0 Å². The van der Waals surface area contributed by atoms with E-state index in [1.165, 1.54) is 16.7 Å². The van der Waals surface area contributed by atoms with Crippen LogP contribution in [0, 0.1) is 0 Å². The summed E-state index contributed by atoms with van der Waals surface area (Å²) in [5.74, 6) is 0.577. The van der Waals surface area contributed by atoms with E-state index in [9.17, 15) is 0 Å². The van der Waals surface area contributed by atoms with Gasteiger partial charge in [-0.05, 0) is 34.7 Å². The Hall–Kier alpha value is -1.27. The Bertz CT molecular complexity index is 469. The molecule has 0 aromatic heterocycles.